The van der Waals surface area contributed by atoms with Gasteiger partial charge in [-0.25, -0.2) is 0 Å². The number of aliphatic hydroxyl groups excluding tert-OH is 1. The van der Waals surface area contributed by atoms with Crippen LogP contribution in [0.2, 0.25) is 0 Å². The Morgan fingerprint density at radius 2 is 2.12 bits per heavy atom. The summed E-state index contributed by atoms with van der Waals surface area (Å²) in [5, 5.41) is 14.5. The van der Waals surface area contributed by atoms with Gasteiger partial charge in [0, 0.05) is 18.8 Å². The summed E-state index contributed by atoms with van der Waals surface area (Å²) in [5.41, 5.74) is 2.44. The normalized spacial score (nSPS) is 12.5. The largest absolute Gasteiger partial charge is 0.496 e. The van der Waals surface area contributed by atoms with E-state index in [2.05, 4.69) is 5.10 Å². The summed E-state index contributed by atoms with van der Waals surface area (Å²) in [7, 11) is 3.42. The smallest absolute Gasteiger partial charge is 0.126 e. The average Bonchev–Trinajstić information content (AvgIpc) is 2.75. The van der Waals surface area contributed by atoms with Crippen LogP contribution in [-0.2, 0) is 7.05 Å². The van der Waals surface area contributed by atoms with Gasteiger partial charge in [0.2, 0.25) is 0 Å². The topological polar surface area (TPSA) is 47.3 Å². The van der Waals surface area contributed by atoms with Crippen molar-refractivity contribution in [2.24, 2.45) is 7.05 Å². The number of methoxy groups -OCH3 is 1. The highest BCUT2D eigenvalue weighted by molar-refractivity contribution is 5.41. The predicted molar refractivity (Wildman–Crippen MR) is 65.0 cm³/mol. The minimum atomic E-state index is -0.758. The number of hydrogen-bond donors (Lipinski definition) is 1. The molecule has 1 unspecified atom stereocenters. The van der Waals surface area contributed by atoms with Gasteiger partial charge in [-0.15, -0.1) is 0 Å². The lowest BCUT2D eigenvalue weighted by Gasteiger charge is -2.13. The molecule has 0 saturated heterocycles. The van der Waals surface area contributed by atoms with Crippen LogP contribution in [0.5, 0.6) is 5.75 Å². The maximum absolute atomic E-state index is 10.3. The molecule has 2 rings (SSSR count). The van der Waals surface area contributed by atoms with E-state index in [9.17, 15) is 5.11 Å². The molecule has 0 aliphatic rings. The minimum Gasteiger partial charge on any atom is -0.496 e. The summed E-state index contributed by atoms with van der Waals surface area (Å²) >= 11 is 0. The standard InChI is InChI=1S/C13H16N2O2/c1-9-4-5-12(17-3)10(8-9)13(16)11-6-7-15(2)14-11/h4-8,13,16H,1-3H3. The SMILES string of the molecule is COc1ccc(C)cc1C(O)c1ccn(C)n1. The summed E-state index contributed by atoms with van der Waals surface area (Å²) in [4.78, 5) is 0. The molecule has 4 heteroatoms. The highest BCUT2D eigenvalue weighted by Crippen LogP contribution is 2.29. The third kappa shape index (κ3) is 2.31. The summed E-state index contributed by atoms with van der Waals surface area (Å²) in [6.45, 7) is 1.98. The molecular formula is C13H16N2O2. The molecule has 1 aromatic heterocycles. The average molecular weight is 232 g/mol. The molecule has 2 aromatic rings. The Kier molecular flexibility index (Phi) is 3.15. The zero-order valence-corrected chi connectivity index (χ0v) is 10.2. The van der Waals surface area contributed by atoms with E-state index in [4.69, 9.17) is 4.74 Å². The van der Waals surface area contributed by atoms with Crippen molar-refractivity contribution >= 4 is 0 Å². The molecule has 1 aromatic carbocycles. The molecular weight excluding hydrogens is 216 g/mol. The van der Waals surface area contributed by atoms with Crippen LogP contribution in [-0.4, -0.2) is 22.0 Å². The molecule has 0 aliphatic heterocycles. The van der Waals surface area contributed by atoms with Crippen LogP contribution in [0, 0.1) is 6.92 Å². The van der Waals surface area contributed by atoms with Crippen molar-refractivity contribution in [2.45, 2.75) is 13.0 Å². The molecule has 1 N–H and O–H groups in total. The van der Waals surface area contributed by atoms with Crippen molar-refractivity contribution in [3.8, 4) is 5.75 Å². The zero-order chi connectivity index (χ0) is 12.4. The lowest BCUT2D eigenvalue weighted by atomic mass is 10.0. The number of nitrogens with zero attached hydrogens (tertiary/aromatic N) is 2. The number of benzene rings is 1. The van der Waals surface area contributed by atoms with Crippen LogP contribution in [0.4, 0.5) is 0 Å². The molecule has 0 saturated carbocycles. The third-order valence-corrected chi connectivity index (χ3v) is 2.69. The Morgan fingerprint density at radius 3 is 2.71 bits per heavy atom. The van der Waals surface area contributed by atoms with Gasteiger partial charge < -0.3 is 9.84 Å². The van der Waals surface area contributed by atoms with Gasteiger partial charge in [-0.1, -0.05) is 11.6 Å². The second-order valence-electron chi connectivity index (χ2n) is 4.06. The Hall–Kier alpha value is -1.81. The molecule has 17 heavy (non-hydrogen) atoms. The summed E-state index contributed by atoms with van der Waals surface area (Å²) < 4.78 is 6.92. The quantitative estimate of drug-likeness (QED) is 0.878. The van der Waals surface area contributed by atoms with Crippen LogP contribution >= 0.6 is 0 Å². The first kappa shape index (κ1) is 11.7. The lowest BCUT2D eigenvalue weighted by molar-refractivity contribution is 0.209. The Labute approximate surface area is 100 Å². The number of aromatic nitrogens is 2. The van der Waals surface area contributed by atoms with E-state index in [0.717, 1.165) is 11.1 Å². The summed E-state index contributed by atoms with van der Waals surface area (Å²) in [6, 6.07) is 7.52. The molecule has 1 atom stereocenters. The Morgan fingerprint density at radius 1 is 1.35 bits per heavy atom. The number of aliphatic hydroxyl groups is 1. The van der Waals surface area contributed by atoms with E-state index < -0.39 is 6.10 Å². The predicted octanol–water partition coefficient (Wildman–Crippen LogP) is 1.82. The molecule has 0 aliphatic carbocycles. The Bertz CT molecular complexity index is 520. The van der Waals surface area contributed by atoms with Crippen molar-refractivity contribution in [2.75, 3.05) is 7.11 Å². The van der Waals surface area contributed by atoms with Crippen molar-refractivity contribution in [1.82, 2.24) is 9.78 Å². The number of aryl methyl sites for hydroxylation is 2. The number of rotatable bonds is 3. The van der Waals surface area contributed by atoms with Crippen molar-refractivity contribution in [1.29, 1.82) is 0 Å². The van der Waals surface area contributed by atoms with Gasteiger partial charge in [0.1, 0.15) is 11.9 Å². The van der Waals surface area contributed by atoms with E-state index in [0.29, 0.717) is 11.4 Å². The maximum Gasteiger partial charge on any atom is 0.126 e. The van der Waals surface area contributed by atoms with E-state index in [1.807, 2.05) is 32.2 Å². The van der Waals surface area contributed by atoms with Crippen LogP contribution in [0.15, 0.2) is 30.5 Å². The molecule has 0 bridgehead atoms. The van der Waals surface area contributed by atoms with Gasteiger partial charge in [0.25, 0.3) is 0 Å². The Balaban J connectivity index is 2.42. The van der Waals surface area contributed by atoms with E-state index >= 15 is 0 Å². The molecule has 1 heterocycles. The fraction of sp³-hybridized carbons (Fsp3) is 0.308. The van der Waals surface area contributed by atoms with E-state index in [1.54, 1.807) is 24.1 Å². The van der Waals surface area contributed by atoms with Crippen LogP contribution in [0.1, 0.15) is 22.9 Å². The minimum absolute atomic E-state index is 0.622. The molecule has 0 amide bonds. The van der Waals surface area contributed by atoms with Gasteiger partial charge >= 0.3 is 0 Å². The highest BCUT2D eigenvalue weighted by atomic mass is 16.5. The monoisotopic (exact) mass is 232 g/mol. The van der Waals surface area contributed by atoms with Crippen molar-refractivity contribution < 1.29 is 9.84 Å². The number of hydrogen-bond acceptors (Lipinski definition) is 3. The van der Waals surface area contributed by atoms with Gasteiger partial charge in [0.05, 0.1) is 12.8 Å². The molecule has 90 valence electrons. The van der Waals surface area contributed by atoms with E-state index in [1.165, 1.54) is 0 Å². The molecule has 0 radical (unpaired) electrons. The van der Waals surface area contributed by atoms with Crippen molar-refractivity contribution in [3.05, 3.63) is 47.3 Å². The van der Waals surface area contributed by atoms with Gasteiger partial charge in [0.15, 0.2) is 0 Å². The second kappa shape index (κ2) is 4.59. The molecule has 0 fully saturated rings. The first-order valence-corrected chi connectivity index (χ1v) is 5.44. The summed E-state index contributed by atoms with van der Waals surface area (Å²) in [5.74, 6) is 0.675. The lowest BCUT2D eigenvalue weighted by Crippen LogP contribution is -2.04. The number of ether oxygens (including phenoxy) is 1. The van der Waals surface area contributed by atoms with Crippen LogP contribution in [0.3, 0.4) is 0 Å². The maximum atomic E-state index is 10.3. The fourth-order valence-electron chi connectivity index (χ4n) is 1.81. The second-order valence-corrected chi connectivity index (χ2v) is 4.06. The molecule has 0 spiro atoms. The summed E-state index contributed by atoms with van der Waals surface area (Å²) in [6.07, 6.45) is 1.05. The van der Waals surface area contributed by atoms with Crippen LogP contribution < -0.4 is 4.74 Å². The van der Waals surface area contributed by atoms with E-state index in [-0.39, 0.29) is 0 Å². The first-order valence-electron chi connectivity index (χ1n) is 5.44. The van der Waals surface area contributed by atoms with Gasteiger partial charge in [-0.3, -0.25) is 4.68 Å². The van der Waals surface area contributed by atoms with Gasteiger partial charge in [-0.2, -0.15) is 5.10 Å². The van der Waals surface area contributed by atoms with Crippen molar-refractivity contribution in [3.63, 3.8) is 0 Å². The third-order valence-electron chi connectivity index (χ3n) is 2.69. The van der Waals surface area contributed by atoms with Crippen LogP contribution in [0.25, 0.3) is 0 Å². The fourth-order valence-corrected chi connectivity index (χ4v) is 1.81. The first-order chi connectivity index (χ1) is 8.11. The van der Waals surface area contributed by atoms with Gasteiger partial charge in [-0.05, 0) is 25.1 Å². The highest BCUT2D eigenvalue weighted by Gasteiger charge is 2.17. The zero-order valence-electron chi connectivity index (χ0n) is 10.2. The molecule has 4 nitrogen and oxygen atoms in total.